The molecule has 2 heterocycles. The fourth-order valence-corrected chi connectivity index (χ4v) is 8.45. The molecule has 0 aliphatic heterocycles. The maximum atomic E-state index is 9.82. The van der Waals surface area contributed by atoms with Gasteiger partial charge in [-0.2, -0.15) is 5.26 Å². The highest BCUT2D eigenvalue weighted by Crippen LogP contribution is 2.43. The Kier molecular flexibility index (Phi) is 7.48. The predicted molar refractivity (Wildman–Crippen MR) is 233 cm³/mol. The van der Waals surface area contributed by atoms with Crippen LogP contribution < -0.4 is 0 Å². The van der Waals surface area contributed by atoms with Gasteiger partial charge in [-0.3, -0.25) is 0 Å². The quantitative estimate of drug-likeness (QED) is 0.166. The van der Waals surface area contributed by atoms with E-state index in [-0.39, 0.29) is 0 Å². The first-order valence-corrected chi connectivity index (χ1v) is 19.0. The van der Waals surface area contributed by atoms with Gasteiger partial charge in [-0.15, -0.1) is 0 Å². The maximum Gasteiger partial charge on any atom is 0.164 e. The zero-order valence-corrected chi connectivity index (χ0v) is 30.6. The zero-order valence-electron chi connectivity index (χ0n) is 30.6. The molecule has 11 aromatic rings. The van der Waals surface area contributed by atoms with Crippen LogP contribution in [0, 0.1) is 11.3 Å². The van der Waals surface area contributed by atoms with Crippen LogP contribution in [-0.2, 0) is 0 Å². The maximum absolute atomic E-state index is 9.82. The van der Waals surface area contributed by atoms with Crippen molar-refractivity contribution in [3.05, 3.63) is 194 Å². The van der Waals surface area contributed by atoms with Gasteiger partial charge in [-0.05, 0) is 80.5 Å². The molecular formula is C52H31N5. The van der Waals surface area contributed by atoms with Gasteiger partial charge in [-0.1, -0.05) is 146 Å². The van der Waals surface area contributed by atoms with E-state index in [2.05, 4.69) is 144 Å². The average molecular weight is 726 g/mol. The number of para-hydroxylation sites is 1. The summed E-state index contributed by atoms with van der Waals surface area (Å²) in [5, 5.41) is 19.0. The molecule has 9 aromatic carbocycles. The van der Waals surface area contributed by atoms with E-state index in [1.54, 1.807) is 6.07 Å². The van der Waals surface area contributed by atoms with Crippen LogP contribution in [0.4, 0.5) is 0 Å². The van der Waals surface area contributed by atoms with Crippen LogP contribution in [0.2, 0.25) is 0 Å². The molecule has 0 saturated carbocycles. The van der Waals surface area contributed by atoms with Gasteiger partial charge >= 0.3 is 0 Å². The molecule has 0 saturated heterocycles. The third-order valence-electron chi connectivity index (χ3n) is 11.0. The normalized spacial score (nSPS) is 11.5. The molecular weight excluding hydrogens is 695 g/mol. The van der Waals surface area contributed by atoms with Crippen LogP contribution in [-0.4, -0.2) is 19.5 Å². The summed E-state index contributed by atoms with van der Waals surface area (Å²) in [6.07, 6.45) is 0. The molecule has 11 rings (SSSR count). The lowest BCUT2D eigenvalue weighted by Crippen LogP contribution is -2.02. The molecule has 2 aromatic heterocycles. The second kappa shape index (κ2) is 13.1. The Labute approximate surface area is 328 Å². The van der Waals surface area contributed by atoms with Crippen LogP contribution in [0.25, 0.3) is 105 Å². The number of nitrogens with zero attached hydrogens (tertiary/aromatic N) is 5. The van der Waals surface area contributed by atoms with Gasteiger partial charge in [0.2, 0.25) is 0 Å². The van der Waals surface area contributed by atoms with Gasteiger partial charge in [0.15, 0.2) is 17.5 Å². The lowest BCUT2D eigenvalue weighted by atomic mass is 9.91. The molecule has 5 heteroatoms. The predicted octanol–water partition coefficient (Wildman–Crippen LogP) is 13.0. The molecule has 0 bridgehead atoms. The first kappa shape index (κ1) is 32.5. The van der Waals surface area contributed by atoms with Crippen molar-refractivity contribution in [1.82, 2.24) is 19.5 Å². The summed E-state index contributed by atoms with van der Waals surface area (Å²) in [7, 11) is 0. The number of aromatic nitrogens is 4. The number of rotatable bonds is 5. The van der Waals surface area contributed by atoms with E-state index in [9.17, 15) is 5.26 Å². The summed E-state index contributed by atoms with van der Waals surface area (Å²) in [5.74, 6) is 1.62. The van der Waals surface area contributed by atoms with Gasteiger partial charge in [-0.25, -0.2) is 15.0 Å². The standard InChI is InChI=1S/C52H31N5/c53-32-33-14-13-19-37(28-33)51-54-50(35-17-5-2-6-18-35)55-52(56-51)46-31-38(30-45-41-22-8-7-20-39(41)40-21-9-10-24-43(40)49(45)46)57-47-25-12-11-23-42(47)44-29-36(26-27-48(44)57)34-15-3-1-4-16-34/h1-31H. The Morgan fingerprint density at radius 2 is 0.930 bits per heavy atom. The van der Waals surface area contributed by atoms with Gasteiger partial charge in [0.05, 0.1) is 22.7 Å². The molecule has 5 nitrogen and oxygen atoms in total. The molecule has 0 fully saturated rings. The Morgan fingerprint density at radius 3 is 1.67 bits per heavy atom. The minimum Gasteiger partial charge on any atom is -0.309 e. The van der Waals surface area contributed by atoms with Crippen molar-refractivity contribution >= 4 is 54.1 Å². The molecule has 0 aliphatic rings. The Bertz CT molecular complexity index is 3420. The molecule has 0 radical (unpaired) electrons. The fraction of sp³-hybridized carbons (Fsp3) is 0. The molecule has 0 aliphatic carbocycles. The number of nitriles is 1. The third-order valence-corrected chi connectivity index (χ3v) is 11.0. The molecule has 264 valence electrons. The van der Waals surface area contributed by atoms with Gasteiger partial charge < -0.3 is 4.57 Å². The molecule has 0 unspecified atom stereocenters. The van der Waals surface area contributed by atoms with E-state index in [0.29, 0.717) is 23.0 Å². The Morgan fingerprint density at radius 1 is 0.368 bits per heavy atom. The largest absolute Gasteiger partial charge is 0.309 e. The van der Waals surface area contributed by atoms with Crippen LogP contribution in [0.1, 0.15) is 5.56 Å². The van der Waals surface area contributed by atoms with Crippen molar-refractivity contribution in [3.8, 4) is 57.0 Å². The highest BCUT2D eigenvalue weighted by Gasteiger charge is 2.21. The summed E-state index contributed by atoms with van der Waals surface area (Å²) in [6.45, 7) is 0. The van der Waals surface area contributed by atoms with E-state index in [1.807, 2.05) is 48.5 Å². The average Bonchev–Trinajstić information content (AvgIpc) is 3.63. The third kappa shape index (κ3) is 5.35. The van der Waals surface area contributed by atoms with Gasteiger partial charge in [0, 0.05) is 38.5 Å². The molecule has 57 heavy (non-hydrogen) atoms. The van der Waals surface area contributed by atoms with Crippen LogP contribution in [0.5, 0.6) is 0 Å². The summed E-state index contributed by atoms with van der Waals surface area (Å²) in [4.78, 5) is 15.6. The van der Waals surface area contributed by atoms with Crippen LogP contribution >= 0.6 is 0 Å². The summed E-state index contributed by atoms with van der Waals surface area (Å²) in [6, 6.07) is 67.6. The number of hydrogen-bond acceptors (Lipinski definition) is 4. The fourth-order valence-electron chi connectivity index (χ4n) is 8.45. The van der Waals surface area contributed by atoms with Crippen molar-refractivity contribution in [3.63, 3.8) is 0 Å². The van der Waals surface area contributed by atoms with E-state index in [4.69, 9.17) is 15.0 Å². The second-order valence-electron chi connectivity index (χ2n) is 14.3. The van der Waals surface area contributed by atoms with Crippen LogP contribution in [0.15, 0.2) is 188 Å². The number of hydrogen-bond donors (Lipinski definition) is 0. The highest BCUT2D eigenvalue weighted by atomic mass is 15.0. The lowest BCUT2D eigenvalue weighted by molar-refractivity contribution is 1.07. The van der Waals surface area contributed by atoms with E-state index >= 15 is 0 Å². The molecule has 0 N–H and O–H groups in total. The Balaban J connectivity index is 1.28. The lowest BCUT2D eigenvalue weighted by Gasteiger charge is -2.18. The Hall–Kier alpha value is -7.94. The van der Waals surface area contributed by atoms with Crippen molar-refractivity contribution < 1.29 is 0 Å². The highest BCUT2D eigenvalue weighted by molar-refractivity contribution is 6.28. The van der Waals surface area contributed by atoms with Crippen molar-refractivity contribution in [1.29, 1.82) is 5.26 Å². The SMILES string of the molecule is N#Cc1cccc(-c2nc(-c3ccccc3)nc(-c3cc(-n4c5ccccc5c5cc(-c6ccccc6)ccc54)cc4c5ccccc5c5ccccc5c34)n2)c1. The topological polar surface area (TPSA) is 67.4 Å². The van der Waals surface area contributed by atoms with Crippen molar-refractivity contribution in [2.45, 2.75) is 0 Å². The minimum atomic E-state index is 0.505. The van der Waals surface area contributed by atoms with Gasteiger partial charge in [0.1, 0.15) is 0 Å². The van der Waals surface area contributed by atoms with E-state index < -0.39 is 0 Å². The van der Waals surface area contributed by atoms with Crippen LogP contribution in [0.3, 0.4) is 0 Å². The second-order valence-corrected chi connectivity index (χ2v) is 14.3. The van der Waals surface area contributed by atoms with Gasteiger partial charge in [0.25, 0.3) is 0 Å². The summed E-state index contributed by atoms with van der Waals surface area (Å²) < 4.78 is 2.38. The van der Waals surface area contributed by atoms with Crippen molar-refractivity contribution in [2.75, 3.05) is 0 Å². The number of fused-ring (bicyclic) bond motifs is 9. The monoisotopic (exact) mass is 725 g/mol. The van der Waals surface area contributed by atoms with Crippen molar-refractivity contribution in [2.24, 2.45) is 0 Å². The first-order valence-electron chi connectivity index (χ1n) is 19.0. The zero-order chi connectivity index (χ0) is 37.9. The molecule has 0 atom stereocenters. The smallest absolute Gasteiger partial charge is 0.164 e. The first-order chi connectivity index (χ1) is 28.2. The number of benzene rings is 9. The summed E-state index contributed by atoms with van der Waals surface area (Å²) >= 11 is 0. The van der Waals surface area contributed by atoms with E-state index in [1.165, 1.54) is 32.7 Å². The molecule has 0 amide bonds. The minimum absolute atomic E-state index is 0.505. The molecule has 0 spiro atoms. The van der Waals surface area contributed by atoms with E-state index in [0.717, 1.165) is 55.0 Å². The summed E-state index contributed by atoms with van der Waals surface area (Å²) in [5.41, 5.74) is 8.66.